The molecule has 1 N–H and O–H groups in total. The van der Waals surface area contributed by atoms with Crippen molar-refractivity contribution < 1.29 is 9.59 Å². The fraction of sp³-hybridized carbons (Fsp3) is 0.111. The van der Waals surface area contributed by atoms with Crippen LogP contribution in [0.4, 0.5) is 5.69 Å². The molecular formula is C18H14Cl2N2O2. The van der Waals surface area contributed by atoms with Gasteiger partial charge in [0.05, 0.1) is 11.1 Å². The maximum absolute atomic E-state index is 12.7. The molecule has 0 atom stereocenters. The zero-order valence-electron chi connectivity index (χ0n) is 13.1. The number of fused-ring (bicyclic) bond motifs is 1. The summed E-state index contributed by atoms with van der Waals surface area (Å²) in [6, 6.07) is 10.3. The summed E-state index contributed by atoms with van der Waals surface area (Å²) >= 11 is 11.9. The summed E-state index contributed by atoms with van der Waals surface area (Å²) in [5.41, 5.74) is 2.54. The van der Waals surface area contributed by atoms with E-state index in [4.69, 9.17) is 23.2 Å². The highest BCUT2D eigenvalue weighted by atomic mass is 35.5. The topological polar surface area (TPSA) is 51.1 Å². The lowest BCUT2D eigenvalue weighted by molar-refractivity contribution is 0.0941. The van der Waals surface area contributed by atoms with Crippen LogP contribution in [-0.2, 0) is 0 Å². The monoisotopic (exact) mass is 360 g/mol. The number of hydrogen-bond donors (Lipinski definition) is 1. The van der Waals surface area contributed by atoms with Crippen LogP contribution in [0.1, 0.15) is 27.6 Å². The number of amides is 1. The number of anilines is 1. The van der Waals surface area contributed by atoms with Crippen molar-refractivity contribution in [3.63, 3.8) is 0 Å². The summed E-state index contributed by atoms with van der Waals surface area (Å²) in [6.07, 6.45) is 1.53. The Labute approximate surface area is 149 Å². The molecule has 0 aliphatic heterocycles. The average molecular weight is 361 g/mol. The molecule has 6 heteroatoms. The molecule has 2 aromatic carbocycles. The van der Waals surface area contributed by atoms with Crippen molar-refractivity contribution in [2.75, 3.05) is 5.32 Å². The summed E-state index contributed by atoms with van der Waals surface area (Å²) in [5.74, 6) is -0.489. The molecule has 0 bridgehead atoms. The number of rotatable bonds is 2. The summed E-state index contributed by atoms with van der Waals surface area (Å²) in [7, 11) is 0. The summed E-state index contributed by atoms with van der Waals surface area (Å²) in [4.78, 5) is 24.5. The number of halogens is 2. The highest BCUT2D eigenvalue weighted by molar-refractivity contribution is 6.31. The highest BCUT2D eigenvalue weighted by Gasteiger charge is 2.18. The van der Waals surface area contributed by atoms with Crippen LogP contribution in [0, 0.1) is 6.92 Å². The van der Waals surface area contributed by atoms with E-state index >= 15 is 0 Å². The van der Waals surface area contributed by atoms with Gasteiger partial charge in [0.25, 0.3) is 5.91 Å². The van der Waals surface area contributed by atoms with Crippen LogP contribution < -0.4 is 5.32 Å². The second-order valence-corrected chi connectivity index (χ2v) is 6.38. The predicted molar refractivity (Wildman–Crippen MR) is 97.4 cm³/mol. The Hall–Kier alpha value is -2.30. The summed E-state index contributed by atoms with van der Waals surface area (Å²) in [5, 5.41) is 4.63. The van der Waals surface area contributed by atoms with Gasteiger partial charge < -0.3 is 5.32 Å². The van der Waals surface area contributed by atoms with Gasteiger partial charge in [0, 0.05) is 34.2 Å². The third-order valence-electron chi connectivity index (χ3n) is 3.79. The molecule has 3 aromatic rings. The van der Waals surface area contributed by atoms with Crippen LogP contribution in [0.5, 0.6) is 0 Å². The first-order chi connectivity index (χ1) is 11.4. The molecule has 0 fully saturated rings. The number of nitrogens with zero attached hydrogens (tertiary/aromatic N) is 1. The van der Waals surface area contributed by atoms with E-state index in [-0.39, 0.29) is 11.8 Å². The predicted octanol–water partition coefficient (Wildman–Crippen LogP) is 5.17. The molecule has 0 unspecified atom stereocenters. The van der Waals surface area contributed by atoms with Crippen molar-refractivity contribution in [3.8, 4) is 0 Å². The van der Waals surface area contributed by atoms with Gasteiger partial charge in [-0.25, -0.2) is 0 Å². The molecule has 24 heavy (non-hydrogen) atoms. The zero-order chi connectivity index (χ0) is 17.4. The molecule has 122 valence electrons. The standard InChI is InChI=1S/C18H14Cl2N2O2/c1-10-7-12(19)4-6-16(10)21-18(24)15-9-22(11(2)23)17-8-13(20)3-5-14(15)17/h3-9H,1-2H3,(H,21,24). The number of hydrogen-bond acceptors (Lipinski definition) is 2. The number of carbonyl (C=O) groups is 2. The van der Waals surface area contributed by atoms with Crippen LogP contribution in [0.15, 0.2) is 42.6 Å². The van der Waals surface area contributed by atoms with E-state index < -0.39 is 0 Å². The van der Waals surface area contributed by atoms with Gasteiger partial charge >= 0.3 is 0 Å². The first-order valence-corrected chi connectivity index (χ1v) is 8.01. The Morgan fingerprint density at radius 3 is 2.38 bits per heavy atom. The van der Waals surface area contributed by atoms with Crippen molar-refractivity contribution >= 4 is 51.6 Å². The van der Waals surface area contributed by atoms with Crippen molar-refractivity contribution in [2.24, 2.45) is 0 Å². The normalized spacial score (nSPS) is 10.8. The van der Waals surface area contributed by atoms with E-state index in [9.17, 15) is 9.59 Å². The first kappa shape index (κ1) is 16.6. The second kappa shape index (κ2) is 6.30. The van der Waals surface area contributed by atoms with E-state index in [0.717, 1.165) is 5.56 Å². The van der Waals surface area contributed by atoms with Gasteiger partial charge in [0.1, 0.15) is 0 Å². The Morgan fingerprint density at radius 2 is 1.71 bits per heavy atom. The fourth-order valence-electron chi connectivity index (χ4n) is 2.60. The van der Waals surface area contributed by atoms with E-state index in [0.29, 0.717) is 32.2 Å². The van der Waals surface area contributed by atoms with Crippen LogP contribution in [-0.4, -0.2) is 16.4 Å². The maximum Gasteiger partial charge on any atom is 0.257 e. The minimum Gasteiger partial charge on any atom is -0.322 e. The molecule has 4 nitrogen and oxygen atoms in total. The molecule has 3 rings (SSSR count). The van der Waals surface area contributed by atoms with Crippen LogP contribution in [0.25, 0.3) is 10.9 Å². The molecule has 0 aliphatic carbocycles. The number of aromatic nitrogens is 1. The van der Waals surface area contributed by atoms with Crippen molar-refractivity contribution in [1.29, 1.82) is 0 Å². The Kier molecular flexibility index (Phi) is 4.35. The number of nitrogens with one attached hydrogen (secondary N) is 1. The molecule has 1 amide bonds. The van der Waals surface area contributed by atoms with Crippen LogP contribution in [0.3, 0.4) is 0 Å². The van der Waals surface area contributed by atoms with Crippen molar-refractivity contribution in [1.82, 2.24) is 4.57 Å². The summed E-state index contributed by atoms with van der Waals surface area (Å²) < 4.78 is 1.42. The summed E-state index contributed by atoms with van der Waals surface area (Å²) in [6.45, 7) is 3.30. The molecule has 1 heterocycles. The molecule has 0 saturated heterocycles. The number of aryl methyl sites for hydroxylation is 1. The van der Waals surface area contributed by atoms with Gasteiger partial charge in [0.2, 0.25) is 5.91 Å². The van der Waals surface area contributed by atoms with Gasteiger partial charge in [-0.3, -0.25) is 14.2 Å². The Balaban J connectivity index is 2.05. The first-order valence-electron chi connectivity index (χ1n) is 7.26. The van der Waals surface area contributed by atoms with Crippen molar-refractivity contribution in [2.45, 2.75) is 13.8 Å². The third kappa shape index (κ3) is 3.03. The fourth-order valence-corrected chi connectivity index (χ4v) is 2.99. The SMILES string of the molecule is CC(=O)n1cc(C(=O)Nc2ccc(Cl)cc2C)c2ccc(Cl)cc21. The van der Waals surface area contributed by atoms with E-state index in [1.807, 2.05) is 6.92 Å². The quantitative estimate of drug-likeness (QED) is 0.685. The lowest BCUT2D eigenvalue weighted by atomic mass is 10.1. The van der Waals surface area contributed by atoms with Gasteiger partial charge in [-0.15, -0.1) is 0 Å². The minimum atomic E-state index is -0.298. The van der Waals surface area contributed by atoms with Crippen molar-refractivity contribution in [3.05, 3.63) is 63.8 Å². The maximum atomic E-state index is 12.7. The lowest BCUT2D eigenvalue weighted by Crippen LogP contribution is -2.12. The van der Waals surface area contributed by atoms with Crippen LogP contribution in [0.2, 0.25) is 10.0 Å². The second-order valence-electron chi connectivity index (χ2n) is 5.51. The lowest BCUT2D eigenvalue weighted by Gasteiger charge is -2.08. The molecule has 0 spiro atoms. The number of carbonyl (C=O) groups excluding carboxylic acids is 2. The van der Waals surface area contributed by atoms with Gasteiger partial charge in [-0.1, -0.05) is 29.3 Å². The van der Waals surface area contributed by atoms with Gasteiger partial charge in [0.15, 0.2) is 0 Å². The Bertz CT molecular complexity index is 977. The largest absolute Gasteiger partial charge is 0.322 e. The smallest absolute Gasteiger partial charge is 0.257 e. The Morgan fingerprint density at radius 1 is 1.04 bits per heavy atom. The zero-order valence-corrected chi connectivity index (χ0v) is 14.6. The van der Waals surface area contributed by atoms with Crippen LogP contribution >= 0.6 is 23.2 Å². The number of benzene rings is 2. The minimum absolute atomic E-state index is 0.191. The molecular weight excluding hydrogens is 347 g/mol. The van der Waals surface area contributed by atoms with E-state index in [1.165, 1.54) is 17.7 Å². The molecule has 0 aliphatic rings. The molecule has 0 saturated carbocycles. The van der Waals surface area contributed by atoms with E-state index in [2.05, 4.69) is 5.32 Å². The van der Waals surface area contributed by atoms with Gasteiger partial charge in [-0.2, -0.15) is 0 Å². The third-order valence-corrected chi connectivity index (χ3v) is 4.26. The van der Waals surface area contributed by atoms with Gasteiger partial charge in [-0.05, 0) is 42.8 Å². The molecule has 1 aromatic heterocycles. The molecule has 0 radical (unpaired) electrons. The highest BCUT2D eigenvalue weighted by Crippen LogP contribution is 2.27. The average Bonchev–Trinajstić information content (AvgIpc) is 2.89. The van der Waals surface area contributed by atoms with E-state index in [1.54, 1.807) is 36.4 Å².